The quantitative estimate of drug-likeness (QED) is 0.749. The molecule has 16 heavy (non-hydrogen) atoms. The smallest absolute Gasteiger partial charge is 0.109 e. The van der Waals surface area contributed by atoms with Gasteiger partial charge in [0.05, 0.1) is 6.61 Å². The Morgan fingerprint density at radius 3 is 3.00 bits per heavy atom. The first-order valence-corrected chi connectivity index (χ1v) is 5.99. The lowest BCUT2D eigenvalue weighted by molar-refractivity contribution is 0.158. The molecule has 1 heterocycles. The molecule has 1 aromatic heterocycles. The van der Waals surface area contributed by atoms with E-state index in [-0.39, 0.29) is 0 Å². The second kappa shape index (κ2) is 5.46. The van der Waals surface area contributed by atoms with Crippen LogP contribution in [-0.2, 0) is 18.2 Å². The molecule has 1 aliphatic rings. The van der Waals surface area contributed by atoms with Crippen molar-refractivity contribution in [2.45, 2.75) is 25.3 Å². The number of methoxy groups -OCH3 is 1. The molecule has 0 radical (unpaired) electrons. The van der Waals surface area contributed by atoms with E-state index in [0.29, 0.717) is 6.04 Å². The topological polar surface area (TPSA) is 39.1 Å². The predicted octanol–water partition coefficient (Wildman–Crippen LogP) is 0.977. The third-order valence-electron chi connectivity index (χ3n) is 3.21. The first-order chi connectivity index (χ1) is 7.81. The van der Waals surface area contributed by atoms with Crippen molar-refractivity contribution in [3.8, 4) is 0 Å². The van der Waals surface area contributed by atoms with Crippen LogP contribution in [0.4, 0.5) is 0 Å². The second-order valence-electron chi connectivity index (χ2n) is 4.56. The van der Waals surface area contributed by atoms with E-state index in [0.717, 1.165) is 31.3 Å². The Balaban J connectivity index is 1.71. The molecule has 1 atom stereocenters. The van der Waals surface area contributed by atoms with Gasteiger partial charge in [-0.15, -0.1) is 0 Å². The van der Waals surface area contributed by atoms with E-state index in [4.69, 9.17) is 4.74 Å². The van der Waals surface area contributed by atoms with Gasteiger partial charge in [-0.1, -0.05) is 0 Å². The van der Waals surface area contributed by atoms with E-state index in [1.807, 2.05) is 19.4 Å². The minimum atomic E-state index is 0.533. The van der Waals surface area contributed by atoms with Gasteiger partial charge in [0.2, 0.25) is 0 Å². The molecule has 1 fully saturated rings. The minimum Gasteiger partial charge on any atom is -0.383 e. The number of nitrogens with zero attached hydrogens (tertiary/aromatic N) is 2. The number of hydrogen-bond donors (Lipinski definition) is 1. The van der Waals surface area contributed by atoms with Crippen molar-refractivity contribution in [2.24, 2.45) is 13.0 Å². The summed E-state index contributed by atoms with van der Waals surface area (Å²) in [6.45, 7) is 1.81. The molecule has 0 aromatic carbocycles. The molecule has 0 spiro atoms. The van der Waals surface area contributed by atoms with E-state index in [2.05, 4.69) is 14.9 Å². The zero-order valence-corrected chi connectivity index (χ0v) is 10.1. The largest absolute Gasteiger partial charge is 0.383 e. The van der Waals surface area contributed by atoms with Gasteiger partial charge in [-0.25, -0.2) is 4.98 Å². The summed E-state index contributed by atoms with van der Waals surface area (Å²) in [5.74, 6) is 1.97. The van der Waals surface area contributed by atoms with Crippen LogP contribution in [0.15, 0.2) is 12.4 Å². The number of hydrogen-bond acceptors (Lipinski definition) is 3. The maximum atomic E-state index is 5.23. The van der Waals surface area contributed by atoms with Crippen LogP contribution in [0.25, 0.3) is 0 Å². The molecule has 0 aliphatic heterocycles. The summed E-state index contributed by atoms with van der Waals surface area (Å²) in [7, 11) is 3.81. The Morgan fingerprint density at radius 1 is 1.62 bits per heavy atom. The highest BCUT2D eigenvalue weighted by atomic mass is 16.5. The summed E-state index contributed by atoms with van der Waals surface area (Å²) in [5.41, 5.74) is 0. The molecule has 2 rings (SSSR count). The standard InChI is InChI=1S/C12H21N3O/c1-15-8-7-14-12(15)5-6-13-11(9-16-2)10-3-4-10/h7-8,10-11,13H,3-6,9H2,1-2H3. The first kappa shape index (κ1) is 11.6. The fourth-order valence-corrected chi connectivity index (χ4v) is 2.05. The molecular formula is C12H21N3O. The van der Waals surface area contributed by atoms with Crippen LogP contribution >= 0.6 is 0 Å². The van der Waals surface area contributed by atoms with Gasteiger partial charge in [0, 0.05) is 45.6 Å². The number of rotatable bonds is 7. The van der Waals surface area contributed by atoms with Crippen LogP contribution in [0.1, 0.15) is 18.7 Å². The first-order valence-electron chi connectivity index (χ1n) is 5.99. The number of imidazole rings is 1. The summed E-state index contributed by atoms with van der Waals surface area (Å²) >= 11 is 0. The van der Waals surface area contributed by atoms with Crippen LogP contribution in [0.2, 0.25) is 0 Å². The molecule has 1 aliphatic carbocycles. The van der Waals surface area contributed by atoms with E-state index >= 15 is 0 Å². The molecule has 1 saturated carbocycles. The molecule has 0 saturated heterocycles. The monoisotopic (exact) mass is 223 g/mol. The Hall–Kier alpha value is -0.870. The van der Waals surface area contributed by atoms with Gasteiger partial charge in [0.1, 0.15) is 5.82 Å². The molecule has 0 bridgehead atoms. The highest BCUT2D eigenvalue weighted by Gasteiger charge is 2.30. The van der Waals surface area contributed by atoms with Gasteiger partial charge >= 0.3 is 0 Å². The summed E-state index contributed by atoms with van der Waals surface area (Å²) in [6, 6.07) is 0.533. The van der Waals surface area contributed by atoms with Crippen molar-refractivity contribution in [3.05, 3.63) is 18.2 Å². The highest BCUT2D eigenvalue weighted by molar-refractivity contribution is 4.93. The molecule has 1 N–H and O–H groups in total. The lowest BCUT2D eigenvalue weighted by Crippen LogP contribution is -2.36. The Labute approximate surface area is 97.0 Å². The van der Waals surface area contributed by atoms with E-state index in [1.54, 1.807) is 7.11 Å². The second-order valence-corrected chi connectivity index (χ2v) is 4.56. The van der Waals surface area contributed by atoms with Crippen molar-refractivity contribution in [1.29, 1.82) is 0 Å². The Kier molecular flexibility index (Phi) is 3.96. The van der Waals surface area contributed by atoms with Crippen molar-refractivity contribution in [1.82, 2.24) is 14.9 Å². The highest BCUT2D eigenvalue weighted by Crippen LogP contribution is 2.32. The van der Waals surface area contributed by atoms with Crippen LogP contribution in [0, 0.1) is 5.92 Å². The number of ether oxygens (including phenoxy) is 1. The van der Waals surface area contributed by atoms with Crippen LogP contribution in [0.3, 0.4) is 0 Å². The number of nitrogens with one attached hydrogen (secondary N) is 1. The SMILES string of the molecule is COCC(NCCc1nccn1C)C1CC1. The van der Waals surface area contributed by atoms with E-state index in [1.165, 1.54) is 12.8 Å². The molecule has 4 nitrogen and oxygen atoms in total. The third-order valence-corrected chi connectivity index (χ3v) is 3.21. The molecule has 1 unspecified atom stereocenters. The zero-order chi connectivity index (χ0) is 11.4. The number of aryl methyl sites for hydroxylation is 1. The van der Waals surface area contributed by atoms with Crippen molar-refractivity contribution in [3.63, 3.8) is 0 Å². The third kappa shape index (κ3) is 3.06. The normalized spacial score (nSPS) is 17.6. The van der Waals surface area contributed by atoms with Crippen molar-refractivity contribution >= 4 is 0 Å². The predicted molar refractivity (Wildman–Crippen MR) is 63.3 cm³/mol. The lowest BCUT2D eigenvalue weighted by atomic mass is 10.2. The Bertz CT molecular complexity index is 320. The molecule has 90 valence electrons. The summed E-state index contributed by atoms with van der Waals surface area (Å²) in [6.07, 6.45) is 7.52. The zero-order valence-electron chi connectivity index (χ0n) is 10.1. The van der Waals surface area contributed by atoms with Crippen molar-refractivity contribution < 1.29 is 4.74 Å². The van der Waals surface area contributed by atoms with Crippen LogP contribution in [0.5, 0.6) is 0 Å². The fourth-order valence-electron chi connectivity index (χ4n) is 2.05. The average molecular weight is 223 g/mol. The minimum absolute atomic E-state index is 0.533. The molecular weight excluding hydrogens is 202 g/mol. The van der Waals surface area contributed by atoms with Gasteiger partial charge in [0.25, 0.3) is 0 Å². The van der Waals surface area contributed by atoms with Gasteiger partial charge in [-0.05, 0) is 18.8 Å². The van der Waals surface area contributed by atoms with E-state index in [9.17, 15) is 0 Å². The maximum absolute atomic E-state index is 5.23. The van der Waals surface area contributed by atoms with Crippen LogP contribution < -0.4 is 5.32 Å². The van der Waals surface area contributed by atoms with E-state index < -0.39 is 0 Å². The summed E-state index contributed by atoms with van der Waals surface area (Å²) < 4.78 is 7.31. The van der Waals surface area contributed by atoms with Gasteiger partial charge in [-0.3, -0.25) is 0 Å². The average Bonchev–Trinajstić information content (AvgIpc) is 3.03. The molecule has 0 amide bonds. The van der Waals surface area contributed by atoms with Crippen molar-refractivity contribution in [2.75, 3.05) is 20.3 Å². The summed E-state index contributed by atoms with van der Waals surface area (Å²) in [5, 5.41) is 3.57. The lowest BCUT2D eigenvalue weighted by Gasteiger charge is -2.16. The fraction of sp³-hybridized carbons (Fsp3) is 0.750. The molecule has 1 aromatic rings. The molecule has 4 heteroatoms. The number of aromatic nitrogens is 2. The van der Waals surface area contributed by atoms with Gasteiger partial charge in [-0.2, -0.15) is 0 Å². The van der Waals surface area contributed by atoms with Gasteiger partial charge < -0.3 is 14.6 Å². The Morgan fingerprint density at radius 2 is 2.44 bits per heavy atom. The van der Waals surface area contributed by atoms with Gasteiger partial charge in [0.15, 0.2) is 0 Å². The summed E-state index contributed by atoms with van der Waals surface area (Å²) in [4.78, 5) is 4.31. The maximum Gasteiger partial charge on any atom is 0.109 e. The van der Waals surface area contributed by atoms with Crippen LogP contribution in [-0.4, -0.2) is 35.9 Å².